The number of para-hydroxylation sites is 1. The number of methoxy groups -OCH3 is 1. The van der Waals surface area contributed by atoms with Gasteiger partial charge in [-0.25, -0.2) is 4.98 Å². The van der Waals surface area contributed by atoms with Gasteiger partial charge in [-0.2, -0.15) is 0 Å². The molecule has 2 aromatic carbocycles. The van der Waals surface area contributed by atoms with Crippen LogP contribution in [-0.4, -0.2) is 18.0 Å². The molecule has 0 radical (unpaired) electrons. The van der Waals surface area contributed by atoms with Crippen molar-refractivity contribution >= 4 is 56.5 Å². The Hall–Kier alpha value is -2.54. The first-order valence-corrected chi connectivity index (χ1v) is 9.47. The minimum atomic E-state index is -0.392. The minimum Gasteiger partial charge on any atom is -0.493 e. The van der Waals surface area contributed by atoms with Crippen LogP contribution in [0.2, 0.25) is 10.0 Å². The van der Waals surface area contributed by atoms with Gasteiger partial charge in [0, 0.05) is 21.4 Å². The van der Waals surface area contributed by atoms with Gasteiger partial charge in [0.25, 0.3) is 5.91 Å². The van der Waals surface area contributed by atoms with E-state index in [9.17, 15) is 4.79 Å². The van der Waals surface area contributed by atoms with Crippen LogP contribution in [0, 0.1) is 0 Å². The Morgan fingerprint density at radius 3 is 2.85 bits per heavy atom. The molecule has 4 rings (SSSR count). The van der Waals surface area contributed by atoms with Gasteiger partial charge in [0.05, 0.1) is 17.8 Å². The molecule has 0 spiro atoms. The number of halogens is 2. The van der Waals surface area contributed by atoms with Crippen molar-refractivity contribution in [2.75, 3.05) is 12.4 Å². The van der Waals surface area contributed by atoms with Crippen LogP contribution in [0.1, 0.15) is 10.6 Å². The molecular formula is C19H12Cl2N2O3S. The van der Waals surface area contributed by atoms with Crippen molar-refractivity contribution in [2.45, 2.75) is 0 Å². The Morgan fingerprint density at radius 1 is 1.22 bits per heavy atom. The predicted octanol–water partition coefficient (Wildman–Crippen LogP) is 6.12. The summed E-state index contributed by atoms with van der Waals surface area (Å²) >= 11 is 13.4. The summed E-state index contributed by atoms with van der Waals surface area (Å²) in [7, 11) is 1.55. The number of hydrogen-bond acceptors (Lipinski definition) is 5. The Balaban J connectivity index is 1.58. The number of fused-ring (bicyclic) bond motifs is 1. The third-order valence-corrected chi connectivity index (χ3v) is 5.19. The van der Waals surface area contributed by atoms with Crippen molar-refractivity contribution in [1.29, 1.82) is 0 Å². The first kappa shape index (κ1) is 17.9. The van der Waals surface area contributed by atoms with Crippen LogP contribution in [0.15, 0.2) is 52.3 Å². The first-order chi connectivity index (χ1) is 13.0. The van der Waals surface area contributed by atoms with Crippen molar-refractivity contribution in [3.8, 4) is 17.0 Å². The zero-order chi connectivity index (χ0) is 19.0. The number of benzene rings is 2. The van der Waals surface area contributed by atoms with E-state index in [0.29, 0.717) is 32.2 Å². The third kappa shape index (κ3) is 3.51. The number of aromatic nitrogens is 1. The molecule has 0 aliphatic heterocycles. The molecule has 2 aromatic heterocycles. The van der Waals surface area contributed by atoms with E-state index >= 15 is 0 Å². The van der Waals surface area contributed by atoms with Gasteiger partial charge >= 0.3 is 0 Å². The molecule has 1 amide bonds. The van der Waals surface area contributed by atoms with Gasteiger partial charge in [-0.3, -0.25) is 10.1 Å². The van der Waals surface area contributed by atoms with Crippen molar-refractivity contribution in [2.24, 2.45) is 0 Å². The fourth-order valence-electron chi connectivity index (χ4n) is 2.62. The number of carbonyl (C=O) groups is 1. The highest BCUT2D eigenvalue weighted by atomic mass is 35.5. The van der Waals surface area contributed by atoms with Crippen LogP contribution in [0.4, 0.5) is 5.13 Å². The molecule has 0 bridgehead atoms. The zero-order valence-corrected chi connectivity index (χ0v) is 16.3. The molecule has 1 N–H and O–H groups in total. The average molecular weight is 419 g/mol. The highest BCUT2D eigenvalue weighted by Crippen LogP contribution is 2.33. The summed E-state index contributed by atoms with van der Waals surface area (Å²) in [5, 5.41) is 6.82. The Labute approximate surface area is 168 Å². The van der Waals surface area contributed by atoms with Crippen LogP contribution in [0.3, 0.4) is 0 Å². The largest absolute Gasteiger partial charge is 0.493 e. The number of nitrogens with one attached hydrogen (secondary N) is 1. The number of hydrogen-bond donors (Lipinski definition) is 1. The average Bonchev–Trinajstić information content (AvgIpc) is 3.28. The third-order valence-electron chi connectivity index (χ3n) is 3.88. The number of thiazole rings is 1. The molecule has 0 saturated heterocycles. The summed E-state index contributed by atoms with van der Waals surface area (Å²) in [4.78, 5) is 16.9. The summed E-state index contributed by atoms with van der Waals surface area (Å²) in [5.41, 5.74) is 1.92. The zero-order valence-electron chi connectivity index (χ0n) is 14.0. The lowest BCUT2D eigenvalue weighted by Crippen LogP contribution is -2.10. The van der Waals surface area contributed by atoms with E-state index in [2.05, 4.69) is 10.3 Å². The van der Waals surface area contributed by atoms with Gasteiger partial charge in [-0.05, 0) is 30.3 Å². The van der Waals surface area contributed by atoms with Crippen LogP contribution >= 0.6 is 34.5 Å². The molecule has 27 heavy (non-hydrogen) atoms. The molecule has 0 saturated carbocycles. The lowest BCUT2D eigenvalue weighted by Gasteiger charge is -2.01. The Morgan fingerprint density at radius 2 is 2.07 bits per heavy atom. The number of anilines is 1. The van der Waals surface area contributed by atoms with E-state index in [1.165, 1.54) is 11.3 Å². The molecule has 4 aromatic rings. The maximum Gasteiger partial charge on any atom is 0.293 e. The molecule has 0 atom stereocenters. The fourth-order valence-corrected chi connectivity index (χ4v) is 3.83. The maximum atomic E-state index is 12.5. The molecule has 2 heterocycles. The second-order valence-electron chi connectivity index (χ2n) is 5.61. The van der Waals surface area contributed by atoms with Crippen molar-refractivity contribution in [3.05, 3.63) is 63.7 Å². The van der Waals surface area contributed by atoms with E-state index in [1.807, 2.05) is 17.5 Å². The number of rotatable bonds is 4. The normalized spacial score (nSPS) is 10.9. The van der Waals surface area contributed by atoms with Crippen LogP contribution in [0.5, 0.6) is 5.75 Å². The van der Waals surface area contributed by atoms with Gasteiger partial charge in [0.2, 0.25) is 0 Å². The number of furan rings is 1. The van der Waals surface area contributed by atoms with Gasteiger partial charge in [0.1, 0.15) is 0 Å². The lowest BCUT2D eigenvalue weighted by molar-refractivity contribution is 0.0998. The fraction of sp³-hybridized carbons (Fsp3) is 0.0526. The number of ether oxygens (including phenoxy) is 1. The van der Waals surface area contributed by atoms with Crippen molar-refractivity contribution in [1.82, 2.24) is 4.98 Å². The molecular weight excluding hydrogens is 407 g/mol. The molecule has 0 aliphatic rings. The van der Waals surface area contributed by atoms with Gasteiger partial charge in [-0.1, -0.05) is 35.3 Å². The Kier molecular flexibility index (Phi) is 4.78. The van der Waals surface area contributed by atoms with Gasteiger partial charge in [0.15, 0.2) is 22.2 Å². The SMILES string of the molecule is COc1cccc2cc(C(=O)Nc3nc(-c4ccc(Cl)cc4Cl)cs3)oc12. The monoisotopic (exact) mass is 418 g/mol. The highest BCUT2D eigenvalue weighted by Gasteiger charge is 2.17. The Bertz CT molecular complexity index is 1150. The number of nitrogens with zero attached hydrogens (tertiary/aromatic N) is 1. The number of amides is 1. The van der Waals surface area contributed by atoms with E-state index < -0.39 is 5.91 Å². The van der Waals surface area contributed by atoms with Gasteiger partial charge in [-0.15, -0.1) is 11.3 Å². The van der Waals surface area contributed by atoms with E-state index in [0.717, 1.165) is 10.9 Å². The predicted molar refractivity (Wildman–Crippen MR) is 108 cm³/mol. The quantitative estimate of drug-likeness (QED) is 0.433. The summed E-state index contributed by atoms with van der Waals surface area (Å²) in [6.45, 7) is 0. The minimum absolute atomic E-state index is 0.177. The first-order valence-electron chi connectivity index (χ1n) is 7.84. The van der Waals surface area contributed by atoms with E-state index in [-0.39, 0.29) is 5.76 Å². The topological polar surface area (TPSA) is 64.4 Å². The maximum absolute atomic E-state index is 12.5. The molecule has 8 heteroatoms. The van der Waals surface area contributed by atoms with Gasteiger partial charge < -0.3 is 9.15 Å². The lowest BCUT2D eigenvalue weighted by atomic mass is 10.2. The number of carbonyl (C=O) groups excluding carboxylic acids is 1. The summed E-state index contributed by atoms with van der Waals surface area (Å²) in [6.07, 6.45) is 0. The second-order valence-corrected chi connectivity index (χ2v) is 7.31. The van der Waals surface area contributed by atoms with E-state index in [4.69, 9.17) is 32.4 Å². The molecule has 0 aliphatic carbocycles. The van der Waals surface area contributed by atoms with Crippen molar-refractivity contribution < 1.29 is 13.9 Å². The van der Waals surface area contributed by atoms with Crippen LogP contribution < -0.4 is 10.1 Å². The van der Waals surface area contributed by atoms with Crippen LogP contribution in [-0.2, 0) is 0 Å². The summed E-state index contributed by atoms with van der Waals surface area (Å²) in [6, 6.07) is 12.3. The highest BCUT2D eigenvalue weighted by molar-refractivity contribution is 7.14. The molecule has 136 valence electrons. The summed E-state index contributed by atoms with van der Waals surface area (Å²) < 4.78 is 10.9. The smallest absolute Gasteiger partial charge is 0.293 e. The summed E-state index contributed by atoms with van der Waals surface area (Å²) in [5.74, 6) is 0.354. The van der Waals surface area contributed by atoms with E-state index in [1.54, 1.807) is 37.4 Å². The molecule has 0 fully saturated rings. The molecule has 5 nitrogen and oxygen atoms in total. The van der Waals surface area contributed by atoms with Crippen molar-refractivity contribution in [3.63, 3.8) is 0 Å². The standard InChI is InChI=1S/C19H12Cl2N2O3S/c1-25-15-4-2-3-10-7-16(26-17(10)15)18(24)23-19-22-14(9-27-19)12-6-5-11(20)8-13(12)21/h2-9H,1H3,(H,22,23,24). The molecule has 0 unspecified atom stereocenters. The van der Waals surface area contributed by atoms with Crippen LogP contribution in [0.25, 0.3) is 22.2 Å². The second kappa shape index (κ2) is 7.23.